The van der Waals surface area contributed by atoms with Crippen LogP contribution in [0.15, 0.2) is 30.3 Å². The zero-order chi connectivity index (χ0) is 12.6. The SMILES string of the molecule is FCCO[C@H]1CC[C@@H](OCc2ccccc2)CO1. The van der Waals surface area contributed by atoms with E-state index in [-0.39, 0.29) is 19.0 Å². The fraction of sp³-hybridized carbons (Fsp3) is 0.571. The quantitative estimate of drug-likeness (QED) is 0.781. The Morgan fingerprint density at radius 3 is 2.67 bits per heavy atom. The monoisotopic (exact) mass is 254 g/mol. The van der Waals surface area contributed by atoms with E-state index in [1.807, 2.05) is 30.3 Å². The van der Waals surface area contributed by atoms with E-state index in [1.54, 1.807) is 0 Å². The van der Waals surface area contributed by atoms with Gasteiger partial charge in [0.05, 0.1) is 25.9 Å². The van der Waals surface area contributed by atoms with Gasteiger partial charge in [0.1, 0.15) is 6.67 Å². The minimum absolute atomic E-state index is 0.107. The summed E-state index contributed by atoms with van der Waals surface area (Å²) in [7, 11) is 0. The van der Waals surface area contributed by atoms with E-state index < -0.39 is 6.67 Å². The molecule has 0 saturated carbocycles. The Morgan fingerprint density at radius 2 is 2.00 bits per heavy atom. The third kappa shape index (κ3) is 4.37. The Labute approximate surface area is 107 Å². The Hall–Kier alpha value is -0.970. The number of hydrogen-bond donors (Lipinski definition) is 0. The molecular formula is C14H19FO3. The lowest BCUT2D eigenvalue weighted by molar-refractivity contribution is -0.197. The molecule has 1 heterocycles. The van der Waals surface area contributed by atoms with Crippen LogP contribution in [-0.2, 0) is 20.8 Å². The molecular weight excluding hydrogens is 235 g/mol. The molecule has 0 amide bonds. The van der Waals surface area contributed by atoms with Crippen LogP contribution in [0.4, 0.5) is 4.39 Å². The number of halogens is 1. The van der Waals surface area contributed by atoms with Gasteiger partial charge in [0, 0.05) is 6.42 Å². The van der Waals surface area contributed by atoms with Gasteiger partial charge >= 0.3 is 0 Å². The minimum Gasteiger partial charge on any atom is -0.371 e. The van der Waals surface area contributed by atoms with E-state index in [0.717, 1.165) is 18.4 Å². The predicted molar refractivity (Wildman–Crippen MR) is 65.9 cm³/mol. The molecule has 3 nitrogen and oxygen atoms in total. The number of alkyl halides is 1. The molecule has 4 heteroatoms. The summed E-state index contributed by atoms with van der Waals surface area (Å²) < 4.78 is 28.4. The van der Waals surface area contributed by atoms with Gasteiger partial charge in [-0.3, -0.25) is 0 Å². The zero-order valence-corrected chi connectivity index (χ0v) is 10.4. The van der Waals surface area contributed by atoms with Gasteiger partial charge < -0.3 is 14.2 Å². The number of hydrogen-bond acceptors (Lipinski definition) is 3. The summed E-state index contributed by atoms with van der Waals surface area (Å²) in [6.45, 7) is 0.767. The summed E-state index contributed by atoms with van der Waals surface area (Å²) in [6, 6.07) is 10.1. The number of rotatable bonds is 6. The van der Waals surface area contributed by atoms with Gasteiger partial charge in [-0.15, -0.1) is 0 Å². The van der Waals surface area contributed by atoms with Crippen LogP contribution in [0.2, 0.25) is 0 Å². The lowest BCUT2D eigenvalue weighted by Gasteiger charge is -2.28. The van der Waals surface area contributed by atoms with Crippen LogP contribution in [0.5, 0.6) is 0 Å². The summed E-state index contributed by atoms with van der Waals surface area (Å²) in [5.74, 6) is 0. The fourth-order valence-electron chi connectivity index (χ4n) is 1.93. The molecule has 1 fully saturated rings. The van der Waals surface area contributed by atoms with E-state index in [4.69, 9.17) is 14.2 Å². The maximum atomic E-state index is 11.9. The predicted octanol–water partition coefficient (Wildman–Crippen LogP) is 2.69. The van der Waals surface area contributed by atoms with E-state index in [1.165, 1.54) is 0 Å². The van der Waals surface area contributed by atoms with Crippen LogP contribution < -0.4 is 0 Å². The largest absolute Gasteiger partial charge is 0.371 e. The van der Waals surface area contributed by atoms with Gasteiger partial charge in [0.15, 0.2) is 6.29 Å². The van der Waals surface area contributed by atoms with Crippen molar-refractivity contribution in [1.29, 1.82) is 0 Å². The third-order valence-electron chi connectivity index (χ3n) is 2.90. The number of ether oxygens (including phenoxy) is 3. The second-order valence-electron chi connectivity index (χ2n) is 4.32. The highest BCUT2D eigenvalue weighted by molar-refractivity contribution is 5.13. The van der Waals surface area contributed by atoms with Crippen molar-refractivity contribution in [3.63, 3.8) is 0 Å². The summed E-state index contributed by atoms with van der Waals surface area (Å²) in [5.41, 5.74) is 1.16. The molecule has 0 N–H and O–H groups in total. The molecule has 0 bridgehead atoms. The average Bonchev–Trinajstić information content (AvgIpc) is 2.45. The molecule has 100 valence electrons. The lowest BCUT2D eigenvalue weighted by atomic mass is 10.1. The van der Waals surface area contributed by atoms with Gasteiger partial charge in [-0.25, -0.2) is 4.39 Å². The maximum Gasteiger partial charge on any atom is 0.157 e. The highest BCUT2D eigenvalue weighted by atomic mass is 19.1. The first-order valence-electron chi connectivity index (χ1n) is 6.33. The molecule has 1 aliphatic rings. The Morgan fingerprint density at radius 1 is 1.17 bits per heavy atom. The number of benzene rings is 1. The summed E-state index contributed by atoms with van der Waals surface area (Å²) in [4.78, 5) is 0. The summed E-state index contributed by atoms with van der Waals surface area (Å²) in [6.07, 6.45) is 1.50. The molecule has 2 atom stereocenters. The Bertz CT molecular complexity index is 323. The topological polar surface area (TPSA) is 27.7 Å². The molecule has 0 radical (unpaired) electrons. The van der Waals surface area contributed by atoms with Crippen molar-refractivity contribution in [3.05, 3.63) is 35.9 Å². The minimum atomic E-state index is -0.464. The van der Waals surface area contributed by atoms with Gasteiger partial charge in [0.25, 0.3) is 0 Å². The second-order valence-corrected chi connectivity index (χ2v) is 4.32. The van der Waals surface area contributed by atoms with Crippen molar-refractivity contribution in [1.82, 2.24) is 0 Å². The molecule has 2 rings (SSSR count). The van der Waals surface area contributed by atoms with Crippen molar-refractivity contribution in [2.24, 2.45) is 0 Å². The van der Waals surface area contributed by atoms with Crippen LogP contribution in [-0.4, -0.2) is 32.3 Å². The highest BCUT2D eigenvalue weighted by Crippen LogP contribution is 2.18. The molecule has 1 aliphatic heterocycles. The van der Waals surface area contributed by atoms with Crippen molar-refractivity contribution in [2.75, 3.05) is 19.9 Å². The molecule has 0 unspecified atom stereocenters. The van der Waals surface area contributed by atoms with E-state index in [2.05, 4.69) is 0 Å². The standard InChI is InChI=1S/C14H19FO3/c15-8-9-16-14-7-6-13(11-18-14)17-10-12-4-2-1-3-5-12/h1-5,13-14H,6-11H2/t13-,14-/m1/s1. The smallest absolute Gasteiger partial charge is 0.157 e. The van der Waals surface area contributed by atoms with Crippen LogP contribution in [0, 0.1) is 0 Å². The molecule has 0 aliphatic carbocycles. The van der Waals surface area contributed by atoms with Crippen molar-refractivity contribution in [3.8, 4) is 0 Å². The molecule has 18 heavy (non-hydrogen) atoms. The van der Waals surface area contributed by atoms with Crippen LogP contribution in [0.1, 0.15) is 18.4 Å². The van der Waals surface area contributed by atoms with Gasteiger partial charge in [-0.2, -0.15) is 0 Å². The Balaban J connectivity index is 1.65. The third-order valence-corrected chi connectivity index (χ3v) is 2.90. The van der Waals surface area contributed by atoms with Gasteiger partial charge in [-0.1, -0.05) is 30.3 Å². The molecule has 1 aromatic carbocycles. The molecule has 0 aromatic heterocycles. The maximum absolute atomic E-state index is 11.9. The van der Waals surface area contributed by atoms with Crippen molar-refractivity contribution in [2.45, 2.75) is 31.8 Å². The molecule has 0 spiro atoms. The summed E-state index contributed by atoms with van der Waals surface area (Å²) in [5, 5.41) is 0. The Kier molecular flexibility index (Phi) is 5.58. The first kappa shape index (κ1) is 13.5. The van der Waals surface area contributed by atoms with Gasteiger partial charge in [0.2, 0.25) is 0 Å². The fourth-order valence-corrected chi connectivity index (χ4v) is 1.93. The van der Waals surface area contributed by atoms with Crippen LogP contribution in [0.3, 0.4) is 0 Å². The summed E-state index contributed by atoms with van der Waals surface area (Å²) >= 11 is 0. The van der Waals surface area contributed by atoms with Crippen molar-refractivity contribution >= 4 is 0 Å². The van der Waals surface area contributed by atoms with Crippen molar-refractivity contribution < 1.29 is 18.6 Å². The lowest BCUT2D eigenvalue weighted by Crippen LogP contribution is -2.33. The first-order chi connectivity index (χ1) is 8.88. The van der Waals surface area contributed by atoms with Gasteiger partial charge in [-0.05, 0) is 12.0 Å². The van der Waals surface area contributed by atoms with Crippen LogP contribution in [0.25, 0.3) is 0 Å². The van der Waals surface area contributed by atoms with E-state index >= 15 is 0 Å². The normalized spacial score (nSPS) is 24.1. The molecule has 1 aromatic rings. The first-order valence-corrected chi connectivity index (χ1v) is 6.33. The molecule has 1 saturated heterocycles. The zero-order valence-electron chi connectivity index (χ0n) is 10.4. The van der Waals surface area contributed by atoms with Crippen LogP contribution >= 0.6 is 0 Å². The highest BCUT2D eigenvalue weighted by Gasteiger charge is 2.22. The second kappa shape index (κ2) is 7.46. The van der Waals surface area contributed by atoms with E-state index in [9.17, 15) is 4.39 Å². The average molecular weight is 254 g/mol. The van der Waals surface area contributed by atoms with E-state index in [0.29, 0.717) is 13.2 Å².